The summed E-state index contributed by atoms with van der Waals surface area (Å²) < 4.78 is 5.52. The number of thiazole rings is 1. The molecule has 4 aromatic rings. The SMILES string of the molecule is Cc1ccc(-c2cc(Nc3nc(-c4ccccc4)c(CN4CCOCC4)s3)nc(C)n2)cc1. The van der Waals surface area contributed by atoms with E-state index in [2.05, 4.69) is 75.6 Å². The molecule has 0 spiro atoms. The number of anilines is 2. The van der Waals surface area contributed by atoms with Crippen LogP contribution in [0, 0.1) is 13.8 Å². The molecule has 0 amide bonds. The Balaban J connectivity index is 1.45. The van der Waals surface area contributed by atoms with Crippen LogP contribution in [0.5, 0.6) is 0 Å². The summed E-state index contributed by atoms with van der Waals surface area (Å²) in [6, 6.07) is 20.8. The molecule has 0 bridgehead atoms. The van der Waals surface area contributed by atoms with Crippen molar-refractivity contribution in [2.24, 2.45) is 0 Å². The summed E-state index contributed by atoms with van der Waals surface area (Å²) in [5.41, 5.74) is 5.36. The molecule has 1 aliphatic heterocycles. The van der Waals surface area contributed by atoms with E-state index in [0.717, 1.165) is 72.1 Å². The second kappa shape index (κ2) is 9.79. The maximum atomic E-state index is 5.52. The number of rotatable bonds is 6. The van der Waals surface area contributed by atoms with Gasteiger partial charge in [-0.25, -0.2) is 15.0 Å². The van der Waals surface area contributed by atoms with Crippen LogP contribution >= 0.6 is 11.3 Å². The molecule has 0 saturated carbocycles. The molecular formula is C26H27N5OS. The maximum absolute atomic E-state index is 5.52. The predicted octanol–water partition coefficient (Wildman–Crippen LogP) is 5.46. The molecule has 168 valence electrons. The molecule has 33 heavy (non-hydrogen) atoms. The zero-order valence-electron chi connectivity index (χ0n) is 18.9. The van der Waals surface area contributed by atoms with Crippen molar-refractivity contribution < 1.29 is 4.74 Å². The number of aromatic nitrogens is 3. The Morgan fingerprint density at radius 1 is 0.909 bits per heavy atom. The molecule has 0 unspecified atom stereocenters. The number of ether oxygens (including phenoxy) is 1. The summed E-state index contributed by atoms with van der Waals surface area (Å²) >= 11 is 1.69. The number of hydrogen-bond acceptors (Lipinski definition) is 7. The van der Waals surface area contributed by atoms with E-state index in [0.29, 0.717) is 0 Å². The van der Waals surface area contributed by atoms with Crippen molar-refractivity contribution in [2.45, 2.75) is 20.4 Å². The highest BCUT2D eigenvalue weighted by atomic mass is 32.1. The highest BCUT2D eigenvalue weighted by Crippen LogP contribution is 2.34. The van der Waals surface area contributed by atoms with Gasteiger partial charge in [0.25, 0.3) is 0 Å². The van der Waals surface area contributed by atoms with Crippen molar-refractivity contribution >= 4 is 22.3 Å². The largest absolute Gasteiger partial charge is 0.379 e. The number of nitrogens with zero attached hydrogens (tertiary/aromatic N) is 4. The molecule has 5 rings (SSSR count). The average molecular weight is 458 g/mol. The minimum Gasteiger partial charge on any atom is -0.379 e. The third kappa shape index (κ3) is 5.27. The summed E-state index contributed by atoms with van der Waals surface area (Å²) in [4.78, 5) is 17.9. The van der Waals surface area contributed by atoms with Crippen molar-refractivity contribution in [1.29, 1.82) is 0 Å². The fraction of sp³-hybridized carbons (Fsp3) is 0.269. The molecule has 0 atom stereocenters. The standard InChI is InChI=1S/C26H27N5OS/c1-18-8-10-20(11-9-18)22-16-24(28-19(2)27-22)29-26-30-25(21-6-4-3-5-7-21)23(33-26)17-31-12-14-32-15-13-31/h3-11,16H,12-15,17H2,1-2H3,(H,27,28,29,30). The summed E-state index contributed by atoms with van der Waals surface area (Å²) in [5, 5.41) is 4.29. The van der Waals surface area contributed by atoms with Crippen LogP contribution in [0.1, 0.15) is 16.3 Å². The molecule has 2 aromatic heterocycles. The van der Waals surface area contributed by atoms with Gasteiger partial charge in [-0.1, -0.05) is 71.5 Å². The Labute approximate surface area is 198 Å². The van der Waals surface area contributed by atoms with E-state index in [1.807, 2.05) is 19.1 Å². The zero-order valence-corrected chi connectivity index (χ0v) is 19.7. The highest BCUT2D eigenvalue weighted by Gasteiger charge is 2.18. The quantitative estimate of drug-likeness (QED) is 0.415. The van der Waals surface area contributed by atoms with Gasteiger partial charge in [0.15, 0.2) is 5.13 Å². The van der Waals surface area contributed by atoms with Crippen molar-refractivity contribution in [3.05, 3.63) is 76.9 Å². The molecule has 1 aliphatic rings. The molecule has 0 aliphatic carbocycles. The predicted molar refractivity (Wildman–Crippen MR) is 134 cm³/mol. The zero-order chi connectivity index (χ0) is 22.6. The lowest BCUT2D eigenvalue weighted by molar-refractivity contribution is 0.0347. The number of benzene rings is 2. The van der Waals surface area contributed by atoms with E-state index in [1.54, 1.807) is 11.3 Å². The lowest BCUT2D eigenvalue weighted by atomic mass is 10.1. The Bertz CT molecular complexity index is 1220. The van der Waals surface area contributed by atoms with Crippen molar-refractivity contribution in [3.63, 3.8) is 0 Å². The Morgan fingerprint density at radius 3 is 2.42 bits per heavy atom. The van der Waals surface area contributed by atoms with Gasteiger partial charge < -0.3 is 10.1 Å². The van der Waals surface area contributed by atoms with Gasteiger partial charge in [0, 0.05) is 41.7 Å². The maximum Gasteiger partial charge on any atom is 0.189 e. The molecule has 1 N–H and O–H groups in total. The van der Waals surface area contributed by atoms with Crippen LogP contribution in [0.2, 0.25) is 0 Å². The number of aryl methyl sites for hydroxylation is 2. The molecular weight excluding hydrogens is 430 g/mol. The molecule has 7 heteroatoms. The third-order valence-electron chi connectivity index (χ3n) is 5.64. The Hall–Kier alpha value is -3.13. The number of morpholine rings is 1. The lowest BCUT2D eigenvalue weighted by Gasteiger charge is -2.26. The average Bonchev–Trinajstić information content (AvgIpc) is 3.22. The Kier molecular flexibility index (Phi) is 6.44. The van der Waals surface area contributed by atoms with Crippen molar-refractivity contribution in [3.8, 4) is 22.5 Å². The second-order valence-electron chi connectivity index (χ2n) is 8.22. The van der Waals surface area contributed by atoms with E-state index in [1.165, 1.54) is 10.4 Å². The third-order valence-corrected chi connectivity index (χ3v) is 6.59. The van der Waals surface area contributed by atoms with Gasteiger partial charge >= 0.3 is 0 Å². The van der Waals surface area contributed by atoms with E-state index in [-0.39, 0.29) is 0 Å². The van der Waals surface area contributed by atoms with Gasteiger partial charge in [-0.05, 0) is 13.8 Å². The smallest absolute Gasteiger partial charge is 0.189 e. The Morgan fingerprint density at radius 2 is 1.67 bits per heavy atom. The number of hydrogen-bond donors (Lipinski definition) is 1. The van der Waals surface area contributed by atoms with Gasteiger partial charge in [0.1, 0.15) is 11.6 Å². The van der Waals surface area contributed by atoms with Crippen molar-refractivity contribution in [1.82, 2.24) is 19.9 Å². The van der Waals surface area contributed by atoms with Crippen LogP contribution < -0.4 is 5.32 Å². The first-order valence-electron chi connectivity index (χ1n) is 11.2. The van der Waals surface area contributed by atoms with E-state index < -0.39 is 0 Å². The molecule has 1 fully saturated rings. The van der Waals surface area contributed by atoms with Crippen LogP contribution in [0.3, 0.4) is 0 Å². The van der Waals surface area contributed by atoms with Crippen LogP contribution in [0.15, 0.2) is 60.7 Å². The van der Waals surface area contributed by atoms with E-state index >= 15 is 0 Å². The summed E-state index contributed by atoms with van der Waals surface area (Å²) in [5.74, 6) is 1.48. The number of nitrogens with one attached hydrogen (secondary N) is 1. The van der Waals surface area contributed by atoms with Crippen molar-refractivity contribution in [2.75, 3.05) is 31.6 Å². The topological polar surface area (TPSA) is 63.2 Å². The van der Waals surface area contributed by atoms with Gasteiger partial charge in [-0.3, -0.25) is 4.90 Å². The van der Waals surface area contributed by atoms with Crippen LogP contribution in [-0.2, 0) is 11.3 Å². The lowest BCUT2D eigenvalue weighted by Crippen LogP contribution is -2.35. The first-order valence-corrected chi connectivity index (χ1v) is 12.0. The second-order valence-corrected chi connectivity index (χ2v) is 9.31. The van der Waals surface area contributed by atoms with Gasteiger partial charge in [0.2, 0.25) is 0 Å². The monoisotopic (exact) mass is 457 g/mol. The molecule has 0 radical (unpaired) electrons. The van der Waals surface area contributed by atoms with E-state index in [4.69, 9.17) is 9.72 Å². The highest BCUT2D eigenvalue weighted by molar-refractivity contribution is 7.16. The molecule has 2 aromatic carbocycles. The molecule has 1 saturated heterocycles. The summed E-state index contributed by atoms with van der Waals surface area (Å²) in [6.45, 7) is 8.33. The molecule has 6 nitrogen and oxygen atoms in total. The van der Waals surface area contributed by atoms with E-state index in [9.17, 15) is 0 Å². The van der Waals surface area contributed by atoms with Crippen LogP contribution in [-0.4, -0.2) is 46.2 Å². The first-order chi connectivity index (χ1) is 16.1. The molecule has 3 heterocycles. The summed E-state index contributed by atoms with van der Waals surface area (Å²) in [6.07, 6.45) is 0. The normalized spacial score (nSPS) is 14.4. The minimum absolute atomic E-state index is 0.726. The fourth-order valence-electron chi connectivity index (χ4n) is 3.91. The van der Waals surface area contributed by atoms with Crippen LogP contribution in [0.25, 0.3) is 22.5 Å². The summed E-state index contributed by atoms with van der Waals surface area (Å²) in [7, 11) is 0. The van der Waals surface area contributed by atoms with Crippen LogP contribution in [0.4, 0.5) is 10.9 Å². The van der Waals surface area contributed by atoms with Gasteiger partial charge in [0.05, 0.1) is 24.6 Å². The van der Waals surface area contributed by atoms with Gasteiger partial charge in [-0.2, -0.15) is 0 Å². The minimum atomic E-state index is 0.726. The first kappa shape index (κ1) is 21.7. The fourth-order valence-corrected chi connectivity index (χ4v) is 4.94. The van der Waals surface area contributed by atoms with Gasteiger partial charge in [-0.15, -0.1) is 0 Å².